The molecule has 0 N–H and O–H groups in total. The molecule has 0 bridgehead atoms. The zero-order valence-corrected chi connectivity index (χ0v) is 13.8. The maximum atomic E-state index is 6.34. The van der Waals surface area contributed by atoms with Crippen LogP contribution in [0.5, 0.6) is 5.75 Å². The summed E-state index contributed by atoms with van der Waals surface area (Å²) < 4.78 is 12.6. The first-order valence-corrected chi connectivity index (χ1v) is 8.71. The molecule has 1 aliphatic rings. The molecule has 0 radical (unpaired) electrons. The molecule has 3 heteroatoms. The van der Waals surface area contributed by atoms with Crippen molar-refractivity contribution in [3.05, 3.63) is 29.8 Å². The number of methoxy groups -OCH3 is 1. The minimum atomic E-state index is 0.193. The third kappa shape index (κ3) is 4.63. The van der Waals surface area contributed by atoms with Gasteiger partial charge in [-0.15, -0.1) is 0 Å². The van der Waals surface area contributed by atoms with Crippen molar-refractivity contribution >= 4 is 22.6 Å². The van der Waals surface area contributed by atoms with Gasteiger partial charge in [0.15, 0.2) is 0 Å². The SMILES string of the molecule is COc1cccc(C(CI)OC2CCCCCC2)c1. The van der Waals surface area contributed by atoms with E-state index in [2.05, 4.69) is 34.7 Å². The lowest BCUT2D eigenvalue weighted by molar-refractivity contribution is -0.00713. The second-order valence-corrected chi connectivity index (χ2v) is 6.05. The molecule has 1 fully saturated rings. The van der Waals surface area contributed by atoms with Crippen molar-refractivity contribution < 1.29 is 9.47 Å². The molecule has 1 atom stereocenters. The van der Waals surface area contributed by atoms with Gasteiger partial charge in [0, 0.05) is 4.43 Å². The van der Waals surface area contributed by atoms with Crippen LogP contribution in [0.2, 0.25) is 0 Å². The Morgan fingerprint density at radius 3 is 2.58 bits per heavy atom. The summed E-state index contributed by atoms with van der Waals surface area (Å²) in [7, 11) is 1.71. The van der Waals surface area contributed by atoms with Crippen LogP contribution in [0, 0.1) is 0 Å². The zero-order chi connectivity index (χ0) is 13.5. The Labute approximate surface area is 130 Å². The fourth-order valence-electron chi connectivity index (χ4n) is 2.66. The molecule has 0 spiro atoms. The van der Waals surface area contributed by atoms with Gasteiger partial charge in [0.25, 0.3) is 0 Å². The summed E-state index contributed by atoms with van der Waals surface area (Å²) in [6.45, 7) is 0. The number of hydrogen-bond acceptors (Lipinski definition) is 2. The molecule has 1 aromatic rings. The topological polar surface area (TPSA) is 18.5 Å². The lowest BCUT2D eigenvalue weighted by Gasteiger charge is -2.23. The van der Waals surface area contributed by atoms with Crippen LogP contribution >= 0.6 is 22.6 Å². The van der Waals surface area contributed by atoms with Gasteiger partial charge in [0.2, 0.25) is 0 Å². The van der Waals surface area contributed by atoms with E-state index in [1.807, 2.05) is 12.1 Å². The second-order valence-electron chi connectivity index (χ2n) is 5.17. The molecular formula is C16H23IO2. The van der Waals surface area contributed by atoms with E-state index in [-0.39, 0.29) is 6.10 Å². The zero-order valence-electron chi connectivity index (χ0n) is 11.6. The molecule has 0 saturated heterocycles. The summed E-state index contributed by atoms with van der Waals surface area (Å²) in [5.74, 6) is 0.914. The van der Waals surface area contributed by atoms with E-state index in [9.17, 15) is 0 Å². The summed E-state index contributed by atoms with van der Waals surface area (Å²) in [6, 6.07) is 8.27. The minimum absolute atomic E-state index is 0.193. The molecule has 19 heavy (non-hydrogen) atoms. The standard InChI is InChI=1S/C16H23IO2/c1-18-15-10-6-7-13(11-15)16(12-17)19-14-8-4-2-3-5-9-14/h6-7,10-11,14,16H,2-5,8-9,12H2,1H3. The van der Waals surface area contributed by atoms with E-state index < -0.39 is 0 Å². The maximum absolute atomic E-state index is 6.34. The quantitative estimate of drug-likeness (QED) is 0.414. The number of benzene rings is 1. The fraction of sp³-hybridized carbons (Fsp3) is 0.625. The Morgan fingerprint density at radius 1 is 1.21 bits per heavy atom. The van der Waals surface area contributed by atoms with Crippen LogP contribution in [-0.4, -0.2) is 17.6 Å². The van der Waals surface area contributed by atoms with Crippen LogP contribution in [0.15, 0.2) is 24.3 Å². The van der Waals surface area contributed by atoms with Crippen LogP contribution in [0.1, 0.15) is 50.2 Å². The van der Waals surface area contributed by atoms with Gasteiger partial charge in [-0.25, -0.2) is 0 Å². The maximum Gasteiger partial charge on any atom is 0.119 e. The Balaban J connectivity index is 2.01. The van der Waals surface area contributed by atoms with Crippen molar-refractivity contribution in [2.45, 2.75) is 50.7 Å². The van der Waals surface area contributed by atoms with Gasteiger partial charge in [-0.1, -0.05) is 60.4 Å². The van der Waals surface area contributed by atoms with E-state index >= 15 is 0 Å². The van der Waals surface area contributed by atoms with Crippen LogP contribution < -0.4 is 4.74 Å². The summed E-state index contributed by atoms with van der Waals surface area (Å²) in [6.07, 6.45) is 8.44. The third-order valence-corrected chi connectivity index (χ3v) is 4.56. The highest BCUT2D eigenvalue weighted by Crippen LogP contribution is 2.29. The van der Waals surface area contributed by atoms with Crippen molar-refractivity contribution in [3.8, 4) is 5.75 Å². The van der Waals surface area contributed by atoms with Crippen LogP contribution in [0.25, 0.3) is 0 Å². The number of halogens is 1. The van der Waals surface area contributed by atoms with Crippen LogP contribution in [0.3, 0.4) is 0 Å². The molecule has 1 aromatic carbocycles. The molecule has 0 aliphatic heterocycles. The fourth-order valence-corrected chi connectivity index (χ4v) is 3.37. The van der Waals surface area contributed by atoms with E-state index in [4.69, 9.17) is 9.47 Å². The van der Waals surface area contributed by atoms with Crippen molar-refractivity contribution in [2.24, 2.45) is 0 Å². The Bertz CT molecular complexity index is 373. The van der Waals surface area contributed by atoms with Crippen molar-refractivity contribution in [2.75, 3.05) is 11.5 Å². The summed E-state index contributed by atoms with van der Waals surface area (Å²) in [4.78, 5) is 0. The highest BCUT2D eigenvalue weighted by molar-refractivity contribution is 14.1. The van der Waals surface area contributed by atoms with Crippen molar-refractivity contribution in [1.82, 2.24) is 0 Å². The number of hydrogen-bond donors (Lipinski definition) is 0. The Hall–Kier alpha value is -0.290. The first kappa shape index (κ1) is 15.1. The summed E-state index contributed by atoms with van der Waals surface area (Å²) in [5.41, 5.74) is 1.23. The largest absolute Gasteiger partial charge is 0.497 e. The predicted octanol–water partition coefficient (Wildman–Crippen LogP) is 4.91. The first-order chi connectivity index (χ1) is 9.33. The van der Waals surface area contributed by atoms with E-state index in [1.54, 1.807) is 7.11 Å². The second kappa shape index (κ2) is 8.10. The minimum Gasteiger partial charge on any atom is -0.497 e. The summed E-state index contributed by atoms with van der Waals surface area (Å²) in [5, 5.41) is 0. The van der Waals surface area contributed by atoms with Gasteiger partial charge < -0.3 is 9.47 Å². The number of ether oxygens (including phenoxy) is 2. The average molecular weight is 374 g/mol. The molecule has 0 aromatic heterocycles. The molecule has 106 valence electrons. The van der Waals surface area contributed by atoms with Gasteiger partial charge in [0.1, 0.15) is 5.75 Å². The molecule has 2 rings (SSSR count). The van der Waals surface area contributed by atoms with E-state index in [1.165, 1.54) is 44.1 Å². The third-order valence-electron chi connectivity index (χ3n) is 3.76. The molecule has 1 aliphatic carbocycles. The lowest BCUT2D eigenvalue weighted by atomic mass is 10.1. The van der Waals surface area contributed by atoms with E-state index in [0.29, 0.717) is 6.10 Å². The lowest BCUT2D eigenvalue weighted by Crippen LogP contribution is -2.17. The van der Waals surface area contributed by atoms with E-state index in [0.717, 1.165) is 10.2 Å². The van der Waals surface area contributed by atoms with Crippen LogP contribution in [-0.2, 0) is 4.74 Å². The molecule has 1 saturated carbocycles. The number of rotatable bonds is 5. The average Bonchev–Trinajstić information content (AvgIpc) is 2.73. The molecular weight excluding hydrogens is 351 g/mol. The summed E-state index contributed by atoms with van der Waals surface area (Å²) >= 11 is 2.42. The highest BCUT2D eigenvalue weighted by atomic mass is 127. The van der Waals surface area contributed by atoms with Gasteiger partial charge in [-0.05, 0) is 30.5 Å². The number of alkyl halides is 1. The molecule has 0 amide bonds. The smallest absolute Gasteiger partial charge is 0.119 e. The van der Waals surface area contributed by atoms with Gasteiger partial charge in [-0.2, -0.15) is 0 Å². The Morgan fingerprint density at radius 2 is 1.95 bits per heavy atom. The normalized spacial score (nSPS) is 18.8. The monoisotopic (exact) mass is 374 g/mol. The highest BCUT2D eigenvalue weighted by Gasteiger charge is 2.19. The van der Waals surface area contributed by atoms with Crippen molar-refractivity contribution in [3.63, 3.8) is 0 Å². The predicted molar refractivity (Wildman–Crippen MR) is 87.2 cm³/mol. The van der Waals surface area contributed by atoms with Crippen LogP contribution in [0.4, 0.5) is 0 Å². The molecule has 1 unspecified atom stereocenters. The first-order valence-electron chi connectivity index (χ1n) is 7.19. The molecule has 0 heterocycles. The molecule has 2 nitrogen and oxygen atoms in total. The van der Waals surface area contributed by atoms with Gasteiger partial charge in [-0.3, -0.25) is 0 Å². The van der Waals surface area contributed by atoms with Gasteiger partial charge >= 0.3 is 0 Å². The van der Waals surface area contributed by atoms with Gasteiger partial charge in [0.05, 0.1) is 19.3 Å². The Kier molecular flexibility index (Phi) is 6.44. The van der Waals surface area contributed by atoms with Crippen molar-refractivity contribution in [1.29, 1.82) is 0 Å².